The average Bonchev–Trinajstić information content (AvgIpc) is 3.13. The average molecular weight is 373 g/mol. The van der Waals surface area contributed by atoms with Gasteiger partial charge >= 0.3 is 0 Å². The molecule has 0 spiro atoms. The fraction of sp³-hybridized carbons (Fsp3) is 0.0909. The Balaban J connectivity index is 1.47. The fourth-order valence-electron chi connectivity index (χ4n) is 2.94. The quantitative estimate of drug-likeness (QED) is 0.460. The fourth-order valence-corrected chi connectivity index (χ4v) is 3.75. The molecule has 0 saturated carbocycles. The molecular weight excluding hydrogens is 354 g/mol. The molecule has 4 nitrogen and oxygen atoms in total. The summed E-state index contributed by atoms with van der Waals surface area (Å²) in [6.45, 7) is 0. The Morgan fingerprint density at radius 3 is 2.07 bits per heavy atom. The molecule has 0 fully saturated rings. The number of imidazole rings is 1. The number of aromatic amines is 1. The number of aromatic nitrogens is 2. The van der Waals surface area contributed by atoms with E-state index in [1.165, 1.54) is 0 Å². The SMILES string of the molecule is O=C(CCSc1nc2ccccc2[nH]1)N(c1ccccc1)c1ccccc1. The van der Waals surface area contributed by atoms with E-state index < -0.39 is 0 Å². The van der Waals surface area contributed by atoms with Crippen LogP contribution in [-0.2, 0) is 4.79 Å². The van der Waals surface area contributed by atoms with Gasteiger partial charge in [-0.3, -0.25) is 9.69 Å². The van der Waals surface area contributed by atoms with E-state index in [9.17, 15) is 4.79 Å². The zero-order chi connectivity index (χ0) is 18.5. The molecule has 0 aliphatic heterocycles. The smallest absolute Gasteiger partial charge is 0.232 e. The molecule has 0 atom stereocenters. The third kappa shape index (κ3) is 4.04. The van der Waals surface area contributed by atoms with Crippen molar-refractivity contribution in [2.24, 2.45) is 0 Å². The van der Waals surface area contributed by atoms with Crippen LogP contribution in [0.25, 0.3) is 11.0 Å². The van der Waals surface area contributed by atoms with Crippen molar-refractivity contribution in [1.82, 2.24) is 9.97 Å². The van der Waals surface area contributed by atoms with Crippen LogP contribution in [0.5, 0.6) is 0 Å². The number of amides is 1. The first-order chi connectivity index (χ1) is 13.3. The van der Waals surface area contributed by atoms with Gasteiger partial charge in [0.15, 0.2) is 5.16 Å². The van der Waals surface area contributed by atoms with E-state index in [1.807, 2.05) is 84.9 Å². The van der Waals surface area contributed by atoms with Gasteiger partial charge in [0.1, 0.15) is 0 Å². The van der Waals surface area contributed by atoms with Crippen LogP contribution in [0.3, 0.4) is 0 Å². The minimum Gasteiger partial charge on any atom is -0.333 e. The van der Waals surface area contributed by atoms with Gasteiger partial charge in [-0.1, -0.05) is 60.3 Å². The number of carbonyl (C=O) groups excluding carboxylic acids is 1. The number of nitrogens with one attached hydrogen (secondary N) is 1. The topological polar surface area (TPSA) is 49.0 Å². The third-order valence-electron chi connectivity index (χ3n) is 4.20. The molecule has 1 aromatic heterocycles. The summed E-state index contributed by atoms with van der Waals surface area (Å²) >= 11 is 1.57. The first-order valence-corrected chi connectivity index (χ1v) is 9.80. The Hall–Kier alpha value is -3.05. The van der Waals surface area contributed by atoms with Crippen LogP contribution in [0.15, 0.2) is 90.1 Å². The number of carbonyl (C=O) groups is 1. The van der Waals surface area contributed by atoms with Crippen LogP contribution < -0.4 is 4.90 Å². The number of hydrogen-bond acceptors (Lipinski definition) is 3. The number of rotatable bonds is 6. The van der Waals surface area contributed by atoms with E-state index >= 15 is 0 Å². The summed E-state index contributed by atoms with van der Waals surface area (Å²) in [5.41, 5.74) is 3.72. The predicted octanol–water partition coefficient (Wildman–Crippen LogP) is 5.41. The van der Waals surface area contributed by atoms with Crippen molar-refractivity contribution < 1.29 is 4.79 Å². The highest BCUT2D eigenvalue weighted by Gasteiger charge is 2.17. The summed E-state index contributed by atoms with van der Waals surface area (Å²) < 4.78 is 0. The first kappa shape index (κ1) is 17.4. The van der Waals surface area contributed by atoms with Crippen molar-refractivity contribution in [3.05, 3.63) is 84.9 Å². The normalized spacial score (nSPS) is 10.8. The second kappa shape index (κ2) is 8.10. The highest BCUT2D eigenvalue weighted by molar-refractivity contribution is 7.99. The Kier molecular flexibility index (Phi) is 5.21. The van der Waals surface area contributed by atoms with Crippen LogP contribution in [0.4, 0.5) is 11.4 Å². The van der Waals surface area contributed by atoms with Crippen molar-refractivity contribution in [2.75, 3.05) is 10.7 Å². The zero-order valence-corrected chi connectivity index (χ0v) is 15.5. The lowest BCUT2D eigenvalue weighted by Gasteiger charge is -2.23. The molecule has 1 N–H and O–H groups in total. The lowest BCUT2D eigenvalue weighted by Crippen LogP contribution is -2.26. The van der Waals surface area contributed by atoms with Crippen LogP contribution >= 0.6 is 11.8 Å². The molecule has 0 bridgehead atoms. The monoisotopic (exact) mass is 373 g/mol. The number of nitrogens with zero attached hydrogens (tertiary/aromatic N) is 2. The molecule has 4 aromatic rings. The Labute approximate surface area is 162 Å². The van der Waals surface area contributed by atoms with Gasteiger partial charge in [0.05, 0.1) is 11.0 Å². The Bertz CT molecular complexity index is 959. The number of para-hydroxylation sites is 4. The molecule has 4 rings (SSSR count). The minimum atomic E-state index is 0.0658. The van der Waals surface area contributed by atoms with E-state index in [2.05, 4.69) is 9.97 Å². The highest BCUT2D eigenvalue weighted by atomic mass is 32.2. The van der Waals surface area contributed by atoms with E-state index in [4.69, 9.17) is 0 Å². The molecule has 5 heteroatoms. The maximum absolute atomic E-state index is 13.0. The van der Waals surface area contributed by atoms with Gasteiger partial charge in [-0.2, -0.15) is 0 Å². The number of H-pyrrole nitrogens is 1. The van der Waals surface area contributed by atoms with Crippen molar-refractivity contribution in [3.63, 3.8) is 0 Å². The van der Waals surface area contributed by atoms with Crippen molar-refractivity contribution in [3.8, 4) is 0 Å². The maximum Gasteiger partial charge on any atom is 0.232 e. The summed E-state index contributed by atoms with van der Waals surface area (Å²) in [5, 5.41) is 0.843. The van der Waals surface area contributed by atoms with E-state index in [-0.39, 0.29) is 5.91 Å². The summed E-state index contributed by atoms with van der Waals surface area (Å²) in [6, 6.07) is 27.5. The molecule has 1 amide bonds. The maximum atomic E-state index is 13.0. The van der Waals surface area contributed by atoms with Gasteiger partial charge in [-0.15, -0.1) is 0 Å². The third-order valence-corrected chi connectivity index (χ3v) is 5.08. The van der Waals surface area contributed by atoms with Crippen LogP contribution in [0.1, 0.15) is 6.42 Å². The second-order valence-corrected chi connectivity index (χ2v) is 7.14. The van der Waals surface area contributed by atoms with Gasteiger partial charge in [0, 0.05) is 23.5 Å². The molecule has 0 aliphatic rings. The summed E-state index contributed by atoms with van der Waals surface area (Å²) in [4.78, 5) is 22.6. The van der Waals surface area contributed by atoms with E-state index in [0.717, 1.165) is 27.6 Å². The first-order valence-electron chi connectivity index (χ1n) is 8.82. The standard InChI is InChI=1S/C22H19N3OS/c26-21(15-16-27-22-23-19-13-7-8-14-20(19)24-22)25(17-9-3-1-4-10-17)18-11-5-2-6-12-18/h1-14H,15-16H2,(H,23,24). The van der Waals surface area contributed by atoms with Gasteiger partial charge in [0.25, 0.3) is 0 Å². The molecule has 0 aliphatic carbocycles. The van der Waals surface area contributed by atoms with Crippen molar-refractivity contribution in [2.45, 2.75) is 11.6 Å². The van der Waals surface area contributed by atoms with Crippen molar-refractivity contribution >= 4 is 40.1 Å². The molecule has 134 valence electrons. The number of hydrogen-bond donors (Lipinski definition) is 1. The molecule has 3 aromatic carbocycles. The van der Waals surface area contributed by atoms with Crippen molar-refractivity contribution in [1.29, 1.82) is 0 Å². The minimum absolute atomic E-state index is 0.0658. The number of thioether (sulfide) groups is 1. The lowest BCUT2D eigenvalue weighted by atomic mass is 10.2. The molecule has 27 heavy (non-hydrogen) atoms. The molecule has 0 radical (unpaired) electrons. The summed E-state index contributed by atoms with van der Waals surface area (Å²) in [6.07, 6.45) is 0.422. The second-order valence-electron chi connectivity index (χ2n) is 6.06. The lowest BCUT2D eigenvalue weighted by molar-refractivity contribution is -0.117. The highest BCUT2D eigenvalue weighted by Crippen LogP contribution is 2.27. The van der Waals surface area contributed by atoms with E-state index in [1.54, 1.807) is 16.7 Å². The molecular formula is C22H19N3OS. The van der Waals surface area contributed by atoms with Gasteiger partial charge < -0.3 is 4.98 Å². The number of fused-ring (bicyclic) bond motifs is 1. The van der Waals surface area contributed by atoms with Gasteiger partial charge in [0.2, 0.25) is 5.91 Å². The van der Waals surface area contributed by atoms with E-state index in [0.29, 0.717) is 12.2 Å². The molecule has 0 saturated heterocycles. The zero-order valence-electron chi connectivity index (χ0n) is 14.7. The Morgan fingerprint density at radius 2 is 1.44 bits per heavy atom. The number of anilines is 2. The van der Waals surface area contributed by atoms with Crippen LogP contribution in [0.2, 0.25) is 0 Å². The van der Waals surface area contributed by atoms with Crippen LogP contribution in [-0.4, -0.2) is 21.6 Å². The van der Waals surface area contributed by atoms with Gasteiger partial charge in [-0.05, 0) is 36.4 Å². The Morgan fingerprint density at radius 1 is 0.852 bits per heavy atom. The largest absolute Gasteiger partial charge is 0.333 e. The summed E-state index contributed by atoms with van der Waals surface area (Å²) in [7, 11) is 0. The summed E-state index contributed by atoms with van der Waals surface area (Å²) in [5.74, 6) is 0.727. The van der Waals surface area contributed by atoms with Crippen LogP contribution in [0, 0.1) is 0 Å². The van der Waals surface area contributed by atoms with Gasteiger partial charge in [-0.25, -0.2) is 4.98 Å². The number of benzene rings is 3. The predicted molar refractivity (Wildman–Crippen MR) is 111 cm³/mol. The molecule has 1 heterocycles. The molecule has 0 unspecified atom stereocenters.